The van der Waals surface area contributed by atoms with Crippen LogP contribution in [0.5, 0.6) is 0 Å². The number of halogens is 2. The number of nitrogens with one attached hydrogen (secondary N) is 1. The SMILES string of the molecule is CN(C)c1ccc(NC2=C(c3ccc(F)cc3)C(=O)N(c3cccc(F)c3)C2=O)cc1. The van der Waals surface area contributed by atoms with Crippen LogP contribution in [0.25, 0.3) is 5.57 Å². The molecule has 0 bridgehead atoms. The minimum Gasteiger partial charge on any atom is -0.378 e. The Labute approximate surface area is 178 Å². The number of anilines is 3. The Morgan fingerprint density at radius 1 is 0.806 bits per heavy atom. The summed E-state index contributed by atoms with van der Waals surface area (Å²) in [6.45, 7) is 0. The molecule has 5 nitrogen and oxygen atoms in total. The Bertz CT molecular complexity index is 1190. The van der Waals surface area contributed by atoms with Crippen LogP contribution in [0.4, 0.5) is 25.8 Å². The van der Waals surface area contributed by atoms with Crippen LogP contribution in [-0.4, -0.2) is 25.9 Å². The van der Waals surface area contributed by atoms with Crippen molar-refractivity contribution in [2.45, 2.75) is 0 Å². The van der Waals surface area contributed by atoms with Gasteiger partial charge in [-0.3, -0.25) is 9.59 Å². The molecule has 1 aliphatic heterocycles. The fourth-order valence-electron chi connectivity index (χ4n) is 3.37. The molecular formula is C24H19F2N3O2. The van der Waals surface area contributed by atoms with Crippen LogP contribution in [0.2, 0.25) is 0 Å². The number of hydrogen-bond donors (Lipinski definition) is 1. The largest absolute Gasteiger partial charge is 0.378 e. The van der Waals surface area contributed by atoms with Crippen LogP contribution in [0.15, 0.2) is 78.5 Å². The molecule has 0 aromatic heterocycles. The molecule has 0 fully saturated rings. The van der Waals surface area contributed by atoms with E-state index in [1.54, 1.807) is 12.1 Å². The van der Waals surface area contributed by atoms with Crippen LogP contribution in [0.3, 0.4) is 0 Å². The molecule has 7 heteroatoms. The van der Waals surface area contributed by atoms with Crippen LogP contribution < -0.4 is 15.1 Å². The lowest BCUT2D eigenvalue weighted by Gasteiger charge is -2.16. The van der Waals surface area contributed by atoms with Gasteiger partial charge in [0, 0.05) is 25.5 Å². The molecule has 0 spiro atoms. The Kier molecular flexibility index (Phi) is 5.25. The molecule has 3 aromatic carbocycles. The van der Waals surface area contributed by atoms with E-state index in [-0.39, 0.29) is 17.0 Å². The minimum atomic E-state index is -0.619. The lowest BCUT2D eigenvalue weighted by Crippen LogP contribution is -2.32. The van der Waals surface area contributed by atoms with E-state index < -0.39 is 23.4 Å². The van der Waals surface area contributed by atoms with E-state index in [4.69, 9.17) is 0 Å². The third kappa shape index (κ3) is 3.90. The zero-order valence-electron chi connectivity index (χ0n) is 16.9. The summed E-state index contributed by atoms with van der Waals surface area (Å²) in [4.78, 5) is 29.3. The molecule has 156 valence electrons. The second-order valence-corrected chi connectivity index (χ2v) is 7.25. The van der Waals surface area contributed by atoms with Crippen molar-refractivity contribution in [1.29, 1.82) is 0 Å². The molecular weight excluding hydrogens is 400 g/mol. The number of amides is 2. The standard InChI is InChI=1S/C24H19F2N3O2/c1-28(2)19-12-10-18(11-13-19)27-22-21(15-6-8-16(25)9-7-15)23(30)29(24(22)31)20-5-3-4-17(26)14-20/h3-14,27H,1-2H3. The summed E-state index contributed by atoms with van der Waals surface area (Å²) in [5.74, 6) is -2.26. The fraction of sp³-hybridized carbons (Fsp3) is 0.0833. The molecule has 1 aliphatic rings. The van der Waals surface area contributed by atoms with E-state index >= 15 is 0 Å². The molecule has 0 radical (unpaired) electrons. The van der Waals surface area contributed by atoms with E-state index in [1.165, 1.54) is 42.5 Å². The first-order chi connectivity index (χ1) is 14.8. The van der Waals surface area contributed by atoms with Crippen molar-refractivity contribution < 1.29 is 18.4 Å². The molecule has 2 amide bonds. The first kappa shape index (κ1) is 20.3. The molecule has 1 N–H and O–H groups in total. The average molecular weight is 419 g/mol. The fourth-order valence-corrected chi connectivity index (χ4v) is 3.37. The maximum atomic E-state index is 13.8. The number of benzene rings is 3. The van der Waals surface area contributed by atoms with Gasteiger partial charge in [-0.2, -0.15) is 0 Å². The number of rotatable bonds is 5. The van der Waals surface area contributed by atoms with Gasteiger partial charge in [-0.05, 0) is 60.2 Å². The van der Waals surface area contributed by atoms with Crippen molar-refractivity contribution in [3.05, 3.63) is 95.7 Å². The van der Waals surface area contributed by atoms with E-state index in [2.05, 4.69) is 5.32 Å². The Morgan fingerprint density at radius 3 is 2.10 bits per heavy atom. The van der Waals surface area contributed by atoms with E-state index in [9.17, 15) is 18.4 Å². The molecule has 0 aliphatic carbocycles. The maximum Gasteiger partial charge on any atom is 0.282 e. The Hall–Kier alpha value is -4.00. The van der Waals surface area contributed by atoms with E-state index in [0.717, 1.165) is 16.7 Å². The monoisotopic (exact) mass is 419 g/mol. The van der Waals surface area contributed by atoms with Gasteiger partial charge in [0.15, 0.2) is 0 Å². The van der Waals surface area contributed by atoms with Crippen molar-refractivity contribution in [2.24, 2.45) is 0 Å². The molecule has 3 aromatic rings. The molecule has 31 heavy (non-hydrogen) atoms. The Balaban J connectivity index is 1.78. The first-order valence-corrected chi connectivity index (χ1v) is 9.54. The summed E-state index contributed by atoms with van der Waals surface area (Å²) >= 11 is 0. The zero-order chi connectivity index (χ0) is 22.1. The van der Waals surface area contributed by atoms with Gasteiger partial charge in [0.2, 0.25) is 0 Å². The smallest absolute Gasteiger partial charge is 0.282 e. The molecule has 0 saturated carbocycles. The molecule has 1 heterocycles. The van der Waals surface area contributed by atoms with Gasteiger partial charge in [-0.15, -0.1) is 0 Å². The number of carbonyl (C=O) groups is 2. The molecule has 4 rings (SSSR count). The van der Waals surface area contributed by atoms with Gasteiger partial charge in [0.05, 0.1) is 11.3 Å². The Morgan fingerprint density at radius 2 is 1.48 bits per heavy atom. The summed E-state index contributed by atoms with van der Waals surface area (Å²) in [7, 11) is 3.82. The van der Waals surface area contributed by atoms with Crippen LogP contribution >= 0.6 is 0 Å². The van der Waals surface area contributed by atoms with Crippen LogP contribution in [0.1, 0.15) is 5.56 Å². The highest BCUT2D eigenvalue weighted by molar-refractivity contribution is 6.46. The summed E-state index contributed by atoms with van der Waals surface area (Å²) in [5.41, 5.74) is 2.20. The second-order valence-electron chi connectivity index (χ2n) is 7.25. The van der Waals surface area contributed by atoms with Gasteiger partial charge in [0.1, 0.15) is 17.3 Å². The van der Waals surface area contributed by atoms with E-state index in [0.29, 0.717) is 11.3 Å². The van der Waals surface area contributed by atoms with Crippen molar-refractivity contribution >= 4 is 34.4 Å². The summed E-state index contributed by atoms with van der Waals surface area (Å²) in [6, 6.07) is 17.9. The average Bonchev–Trinajstić information content (AvgIpc) is 2.98. The number of nitrogens with zero attached hydrogens (tertiary/aromatic N) is 2. The van der Waals surface area contributed by atoms with Crippen molar-refractivity contribution in [2.75, 3.05) is 29.2 Å². The van der Waals surface area contributed by atoms with Gasteiger partial charge in [0.25, 0.3) is 11.8 Å². The van der Waals surface area contributed by atoms with Gasteiger partial charge in [-0.25, -0.2) is 13.7 Å². The predicted octanol–water partition coefficient (Wildman–Crippen LogP) is 4.43. The van der Waals surface area contributed by atoms with Gasteiger partial charge < -0.3 is 10.2 Å². The zero-order valence-corrected chi connectivity index (χ0v) is 16.9. The number of imide groups is 1. The van der Waals surface area contributed by atoms with Crippen LogP contribution in [0, 0.1) is 11.6 Å². The lowest BCUT2D eigenvalue weighted by atomic mass is 10.0. The third-order valence-corrected chi connectivity index (χ3v) is 4.94. The maximum absolute atomic E-state index is 13.8. The van der Waals surface area contributed by atoms with Crippen LogP contribution in [-0.2, 0) is 9.59 Å². The minimum absolute atomic E-state index is 0.0403. The highest BCUT2D eigenvalue weighted by Gasteiger charge is 2.40. The topological polar surface area (TPSA) is 52.7 Å². The number of carbonyl (C=O) groups excluding carboxylic acids is 2. The van der Waals surface area contributed by atoms with Crippen molar-refractivity contribution in [3.63, 3.8) is 0 Å². The lowest BCUT2D eigenvalue weighted by molar-refractivity contribution is -0.120. The summed E-state index contributed by atoms with van der Waals surface area (Å²) in [6.07, 6.45) is 0. The highest BCUT2D eigenvalue weighted by atomic mass is 19.1. The third-order valence-electron chi connectivity index (χ3n) is 4.94. The van der Waals surface area contributed by atoms with Crippen molar-refractivity contribution in [3.8, 4) is 0 Å². The molecule has 0 saturated heterocycles. The first-order valence-electron chi connectivity index (χ1n) is 9.54. The second kappa shape index (κ2) is 8.02. The van der Waals surface area contributed by atoms with Crippen molar-refractivity contribution in [1.82, 2.24) is 0 Å². The van der Waals surface area contributed by atoms with E-state index in [1.807, 2.05) is 31.1 Å². The van der Waals surface area contributed by atoms with Gasteiger partial charge in [-0.1, -0.05) is 18.2 Å². The molecule has 0 unspecified atom stereocenters. The summed E-state index contributed by atoms with van der Waals surface area (Å²) < 4.78 is 27.2. The highest BCUT2D eigenvalue weighted by Crippen LogP contribution is 2.34. The molecule has 0 atom stereocenters. The summed E-state index contributed by atoms with van der Waals surface area (Å²) in [5, 5.41) is 3.03. The quantitative estimate of drug-likeness (QED) is 0.622. The number of hydrogen-bond acceptors (Lipinski definition) is 4. The van der Waals surface area contributed by atoms with Gasteiger partial charge >= 0.3 is 0 Å². The normalized spacial score (nSPS) is 13.7. The predicted molar refractivity (Wildman–Crippen MR) is 117 cm³/mol.